The summed E-state index contributed by atoms with van der Waals surface area (Å²) in [4.78, 5) is 2.38. The third-order valence-electron chi connectivity index (χ3n) is 3.13. The Morgan fingerprint density at radius 1 is 1.38 bits per heavy atom. The number of hydrogen-bond acceptors (Lipinski definition) is 2. The van der Waals surface area contributed by atoms with Crippen molar-refractivity contribution in [1.29, 1.82) is 0 Å². The summed E-state index contributed by atoms with van der Waals surface area (Å²) < 4.78 is 0. The molecule has 0 saturated heterocycles. The number of likely N-dealkylation sites (N-methyl/N-ethyl adjacent to an activating group) is 1. The zero-order valence-corrected chi connectivity index (χ0v) is 9.13. The van der Waals surface area contributed by atoms with Gasteiger partial charge in [0.25, 0.3) is 0 Å². The fraction of sp³-hybridized carbons (Fsp3) is 1.00. The Morgan fingerprint density at radius 3 is 2.77 bits per heavy atom. The summed E-state index contributed by atoms with van der Waals surface area (Å²) in [5.74, 6) is 1.88. The van der Waals surface area contributed by atoms with Crippen LogP contribution >= 0.6 is 0 Å². The Balaban J connectivity index is 2.19. The van der Waals surface area contributed by atoms with E-state index in [-0.39, 0.29) is 0 Å². The molecular formula is C11H24N2. The van der Waals surface area contributed by atoms with Gasteiger partial charge in [0.15, 0.2) is 0 Å². The van der Waals surface area contributed by atoms with Gasteiger partial charge in [0.05, 0.1) is 0 Å². The Labute approximate surface area is 82.5 Å². The molecule has 13 heavy (non-hydrogen) atoms. The standard InChI is InChI=1S/C11H24N2/c1-10-4-3-5-11(8-10)9-13(2)7-6-12/h10-11H,3-9,12H2,1-2H3. The van der Waals surface area contributed by atoms with Crippen molar-refractivity contribution in [2.75, 3.05) is 26.7 Å². The van der Waals surface area contributed by atoms with Crippen LogP contribution in [0.3, 0.4) is 0 Å². The molecule has 0 aliphatic heterocycles. The topological polar surface area (TPSA) is 29.3 Å². The van der Waals surface area contributed by atoms with Crippen molar-refractivity contribution < 1.29 is 0 Å². The van der Waals surface area contributed by atoms with E-state index in [4.69, 9.17) is 5.73 Å². The van der Waals surface area contributed by atoms with E-state index in [9.17, 15) is 0 Å². The zero-order valence-electron chi connectivity index (χ0n) is 9.13. The van der Waals surface area contributed by atoms with Crippen molar-refractivity contribution in [3.63, 3.8) is 0 Å². The van der Waals surface area contributed by atoms with Gasteiger partial charge in [-0.05, 0) is 31.7 Å². The summed E-state index contributed by atoms with van der Waals surface area (Å²) in [5, 5.41) is 0. The lowest BCUT2D eigenvalue weighted by molar-refractivity contribution is 0.207. The SMILES string of the molecule is CC1CCCC(CN(C)CCN)C1. The molecule has 78 valence electrons. The van der Waals surface area contributed by atoms with Gasteiger partial charge in [-0.1, -0.05) is 19.8 Å². The summed E-state index contributed by atoms with van der Waals surface area (Å²) >= 11 is 0. The molecule has 2 nitrogen and oxygen atoms in total. The van der Waals surface area contributed by atoms with Gasteiger partial charge in [-0.15, -0.1) is 0 Å². The molecule has 0 aromatic heterocycles. The van der Waals surface area contributed by atoms with E-state index in [1.54, 1.807) is 0 Å². The lowest BCUT2D eigenvalue weighted by atomic mass is 9.82. The number of nitrogens with zero attached hydrogens (tertiary/aromatic N) is 1. The first-order chi connectivity index (χ1) is 6.22. The van der Waals surface area contributed by atoms with E-state index in [0.717, 1.165) is 24.9 Å². The average Bonchev–Trinajstić information content (AvgIpc) is 2.04. The predicted octanol–water partition coefficient (Wildman–Crippen LogP) is 1.70. The first-order valence-corrected chi connectivity index (χ1v) is 5.61. The van der Waals surface area contributed by atoms with Gasteiger partial charge in [0.2, 0.25) is 0 Å². The molecule has 2 atom stereocenters. The maximum atomic E-state index is 5.52. The van der Waals surface area contributed by atoms with Crippen molar-refractivity contribution in [1.82, 2.24) is 4.90 Å². The van der Waals surface area contributed by atoms with Crippen LogP contribution in [-0.4, -0.2) is 31.6 Å². The van der Waals surface area contributed by atoms with Crippen molar-refractivity contribution in [3.8, 4) is 0 Å². The van der Waals surface area contributed by atoms with Crippen molar-refractivity contribution in [2.24, 2.45) is 17.6 Å². The highest BCUT2D eigenvalue weighted by Crippen LogP contribution is 2.28. The third kappa shape index (κ3) is 4.10. The van der Waals surface area contributed by atoms with Gasteiger partial charge >= 0.3 is 0 Å². The minimum absolute atomic E-state index is 0.790. The fourth-order valence-electron chi connectivity index (χ4n) is 2.48. The Morgan fingerprint density at radius 2 is 2.15 bits per heavy atom. The first kappa shape index (κ1) is 11.0. The zero-order chi connectivity index (χ0) is 9.68. The van der Waals surface area contributed by atoms with E-state index in [1.165, 1.54) is 32.2 Å². The van der Waals surface area contributed by atoms with Crippen molar-refractivity contribution in [3.05, 3.63) is 0 Å². The molecule has 0 aromatic carbocycles. The van der Waals surface area contributed by atoms with E-state index in [0.29, 0.717) is 0 Å². The second kappa shape index (κ2) is 5.61. The molecule has 1 saturated carbocycles. The second-order valence-electron chi connectivity index (χ2n) is 4.69. The molecule has 1 aliphatic rings. The molecule has 0 bridgehead atoms. The van der Waals surface area contributed by atoms with Crippen LogP contribution in [0.5, 0.6) is 0 Å². The molecule has 1 fully saturated rings. The Hall–Kier alpha value is -0.0800. The number of nitrogens with two attached hydrogens (primary N) is 1. The van der Waals surface area contributed by atoms with Gasteiger partial charge in [-0.2, -0.15) is 0 Å². The van der Waals surface area contributed by atoms with E-state index in [1.807, 2.05) is 0 Å². The minimum atomic E-state index is 0.790. The molecule has 2 heteroatoms. The van der Waals surface area contributed by atoms with Crippen LogP contribution in [0.15, 0.2) is 0 Å². The van der Waals surface area contributed by atoms with Crippen LogP contribution < -0.4 is 5.73 Å². The normalized spacial score (nSPS) is 29.5. The van der Waals surface area contributed by atoms with E-state index in [2.05, 4.69) is 18.9 Å². The largest absolute Gasteiger partial charge is 0.329 e. The molecule has 2 unspecified atom stereocenters. The second-order valence-corrected chi connectivity index (χ2v) is 4.69. The minimum Gasteiger partial charge on any atom is -0.329 e. The smallest absolute Gasteiger partial charge is 0.0102 e. The average molecular weight is 184 g/mol. The lowest BCUT2D eigenvalue weighted by Gasteiger charge is -2.30. The van der Waals surface area contributed by atoms with Gasteiger partial charge in [0, 0.05) is 19.6 Å². The molecule has 0 aromatic rings. The quantitative estimate of drug-likeness (QED) is 0.720. The van der Waals surface area contributed by atoms with Crippen LogP contribution in [0.4, 0.5) is 0 Å². The molecule has 0 radical (unpaired) electrons. The van der Waals surface area contributed by atoms with E-state index >= 15 is 0 Å². The van der Waals surface area contributed by atoms with Gasteiger partial charge < -0.3 is 10.6 Å². The first-order valence-electron chi connectivity index (χ1n) is 5.61. The predicted molar refractivity (Wildman–Crippen MR) is 57.7 cm³/mol. The molecule has 0 amide bonds. The van der Waals surface area contributed by atoms with Crippen molar-refractivity contribution >= 4 is 0 Å². The van der Waals surface area contributed by atoms with E-state index < -0.39 is 0 Å². The number of rotatable bonds is 4. The van der Waals surface area contributed by atoms with Crippen LogP contribution in [-0.2, 0) is 0 Å². The fourth-order valence-corrected chi connectivity index (χ4v) is 2.48. The molecular weight excluding hydrogens is 160 g/mol. The summed E-state index contributed by atoms with van der Waals surface area (Å²) in [6.07, 6.45) is 5.73. The summed E-state index contributed by atoms with van der Waals surface area (Å²) in [7, 11) is 2.19. The lowest BCUT2D eigenvalue weighted by Crippen LogP contribution is -2.32. The number of hydrogen-bond donors (Lipinski definition) is 1. The molecule has 2 N–H and O–H groups in total. The molecule has 0 spiro atoms. The van der Waals surface area contributed by atoms with Crippen LogP contribution in [0.25, 0.3) is 0 Å². The van der Waals surface area contributed by atoms with Crippen LogP contribution in [0.2, 0.25) is 0 Å². The van der Waals surface area contributed by atoms with Gasteiger partial charge in [-0.3, -0.25) is 0 Å². The van der Waals surface area contributed by atoms with Gasteiger partial charge in [-0.25, -0.2) is 0 Å². The van der Waals surface area contributed by atoms with Crippen LogP contribution in [0.1, 0.15) is 32.6 Å². The Kier molecular flexibility index (Phi) is 4.74. The summed E-state index contributed by atoms with van der Waals surface area (Å²) in [6.45, 7) is 5.47. The Bertz CT molecular complexity index is 136. The van der Waals surface area contributed by atoms with Gasteiger partial charge in [0.1, 0.15) is 0 Å². The van der Waals surface area contributed by atoms with Crippen molar-refractivity contribution in [2.45, 2.75) is 32.6 Å². The molecule has 1 aliphatic carbocycles. The highest BCUT2D eigenvalue weighted by Gasteiger charge is 2.19. The summed E-state index contributed by atoms with van der Waals surface area (Å²) in [6, 6.07) is 0. The van der Waals surface area contributed by atoms with Crippen LogP contribution in [0, 0.1) is 11.8 Å². The molecule has 1 rings (SSSR count). The maximum absolute atomic E-state index is 5.52. The monoisotopic (exact) mass is 184 g/mol. The third-order valence-corrected chi connectivity index (χ3v) is 3.13. The molecule has 0 heterocycles. The highest BCUT2D eigenvalue weighted by atomic mass is 15.1. The highest BCUT2D eigenvalue weighted by molar-refractivity contribution is 4.72. The maximum Gasteiger partial charge on any atom is 0.0102 e. The summed E-state index contributed by atoms with van der Waals surface area (Å²) in [5.41, 5.74) is 5.52.